The first kappa shape index (κ1) is 23.2. The SMILES string of the molecule is C[C@@H]1OC(=O)[C@@H](N(C(=O)OC(C)(C)C)C(=O)OC(C)(C)C)CCCC[C@H]1O. The number of cyclic esters (lactones) is 1. The summed E-state index contributed by atoms with van der Waals surface area (Å²) in [5.41, 5.74) is -1.72. The summed E-state index contributed by atoms with van der Waals surface area (Å²) in [4.78, 5) is 38.8. The second-order valence-electron chi connectivity index (χ2n) is 8.84. The van der Waals surface area contributed by atoms with Gasteiger partial charge in [0.15, 0.2) is 0 Å². The standard InChI is InChI=1S/C19H33NO7/c1-12-14(21)11-9-8-10-13(15(22)25-12)20(16(23)26-18(2,3)4)17(24)27-19(5,6)7/h12-14,21H,8-11H2,1-7H3/t12-,13-,14+/m0/s1. The molecule has 0 aromatic rings. The van der Waals surface area contributed by atoms with Crippen molar-refractivity contribution < 1.29 is 33.7 Å². The number of aliphatic hydroxyl groups excluding tert-OH is 1. The van der Waals surface area contributed by atoms with Gasteiger partial charge in [-0.25, -0.2) is 14.4 Å². The third-order valence-corrected chi connectivity index (χ3v) is 3.84. The molecule has 1 heterocycles. The van der Waals surface area contributed by atoms with Crippen molar-refractivity contribution in [2.75, 3.05) is 0 Å². The van der Waals surface area contributed by atoms with Crippen LogP contribution in [0, 0.1) is 0 Å². The molecular formula is C19H33NO7. The third-order valence-electron chi connectivity index (χ3n) is 3.84. The summed E-state index contributed by atoms with van der Waals surface area (Å²) in [5, 5.41) is 10.0. The third kappa shape index (κ3) is 7.74. The molecule has 27 heavy (non-hydrogen) atoms. The van der Waals surface area contributed by atoms with Gasteiger partial charge in [-0.3, -0.25) is 0 Å². The lowest BCUT2D eigenvalue weighted by Gasteiger charge is -2.32. The molecule has 0 bridgehead atoms. The summed E-state index contributed by atoms with van der Waals surface area (Å²) in [6.07, 6.45) is -1.61. The molecule has 0 saturated carbocycles. The molecule has 8 nitrogen and oxygen atoms in total. The average molecular weight is 387 g/mol. The molecule has 2 amide bonds. The van der Waals surface area contributed by atoms with E-state index in [1.807, 2.05) is 0 Å². The van der Waals surface area contributed by atoms with Crippen molar-refractivity contribution in [1.29, 1.82) is 0 Å². The lowest BCUT2D eigenvalue weighted by molar-refractivity contribution is -0.159. The number of amides is 2. The second-order valence-corrected chi connectivity index (χ2v) is 8.84. The molecule has 0 radical (unpaired) electrons. The quantitative estimate of drug-likeness (QED) is 0.543. The smallest absolute Gasteiger partial charge is 0.420 e. The molecule has 8 heteroatoms. The molecule has 0 aromatic carbocycles. The molecule has 1 saturated heterocycles. The van der Waals surface area contributed by atoms with E-state index in [1.165, 1.54) is 0 Å². The molecule has 0 aromatic heterocycles. The van der Waals surface area contributed by atoms with Crippen LogP contribution in [0.2, 0.25) is 0 Å². The second kappa shape index (κ2) is 8.91. The summed E-state index contributed by atoms with van der Waals surface area (Å²) >= 11 is 0. The minimum atomic E-state index is -1.18. The Morgan fingerprint density at radius 3 is 1.89 bits per heavy atom. The maximum absolute atomic E-state index is 12.7. The van der Waals surface area contributed by atoms with E-state index in [4.69, 9.17) is 14.2 Å². The van der Waals surface area contributed by atoms with Crippen molar-refractivity contribution in [2.24, 2.45) is 0 Å². The number of carbonyl (C=O) groups excluding carboxylic acids is 3. The Hall–Kier alpha value is -1.83. The number of carbonyl (C=O) groups is 3. The fraction of sp³-hybridized carbons (Fsp3) is 0.842. The fourth-order valence-electron chi connectivity index (χ4n) is 2.57. The van der Waals surface area contributed by atoms with Crippen LogP contribution < -0.4 is 0 Å². The molecule has 0 spiro atoms. The first-order valence-corrected chi connectivity index (χ1v) is 9.35. The van der Waals surface area contributed by atoms with Gasteiger partial charge in [0.1, 0.15) is 23.3 Å². The molecule has 0 unspecified atom stereocenters. The largest absolute Gasteiger partial charge is 0.458 e. The monoisotopic (exact) mass is 387 g/mol. The molecule has 1 rings (SSSR count). The number of nitrogens with zero attached hydrogens (tertiary/aromatic N) is 1. The van der Waals surface area contributed by atoms with E-state index in [9.17, 15) is 19.5 Å². The number of imide groups is 1. The van der Waals surface area contributed by atoms with E-state index < -0.39 is 47.6 Å². The number of hydrogen-bond acceptors (Lipinski definition) is 7. The molecule has 1 fully saturated rings. The Morgan fingerprint density at radius 1 is 1.00 bits per heavy atom. The Morgan fingerprint density at radius 2 is 1.44 bits per heavy atom. The first-order chi connectivity index (χ1) is 12.2. The Bertz CT molecular complexity index is 519. The predicted molar refractivity (Wildman–Crippen MR) is 98.1 cm³/mol. The molecule has 1 aliphatic heterocycles. The minimum absolute atomic E-state index is 0.205. The topological polar surface area (TPSA) is 102 Å². The Labute approximate surface area is 161 Å². The van der Waals surface area contributed by atoms with E-state index in [0.717, 1.165) is 0 Å². The summed E-state index contributed by atoms with van der Waals surface area (Å²) in [5.74, 6) is -0.764. The lowest BCUT2D eigenvalue weighted by Crippen LogP contribution is -2.52. The van der Waals surface area contributed by atoms with E-state index in [-0.39, 0.29) is 6.42 Å². The minimum Gasteiger partial charge on any atom is -0.458 e. The van der Waals surface area contributed by atoms with Crippen LogP contribution >= 0.6 is 0 Å². The Kier molecular flexibility index (Phi) is 7.66. The van der Waals surface area contributed by atoms with Gasteiger partial charge in [-0.1, -0.05) is 12.8 Å². The van der Waals surface area contributed by atoms with Crippen molar-refractivity contribution in [1.82, 2.24) is 4.90 Å². The molecular weight excluding hydrogens is 354 g/mol. The van der Waals surface area contributed by atoms with Gasteiger partial charge in [0, 0.05) is 0 Å². The number of hydrogen-bond donors (Lipinski definition) is 1. The van der Waals surface area contributed by atoms with Crippen LogP contribution in [0.3, 0.4) is 0 Å². The maximum Gasteiger partial charge on any atom is 0.420 e. The van der Waals surface area contributed by atoms with Gasteiger partial charge in [0.25, 0.3) is 0 Å². The van der Waals surface area contributed by atoms with Crippen LogP contribution in [0.4, 0.5) is 9.59 Å². The van der Waals surface area contributed by atoms with Gasteiger partial charge in [0.2, 0.25) is 0 Å². The zero-order valence-corrected chi connectivity index (χ0v) is 17.4. The number of aliphatic hydroxyl groups is 1. The van der Waals surface area contributed by atoms with E-state index in [0.29, 0.717) is 24.2 Å². The summed E-state index contributed by atoms with van der Waals surface area (Å²) in [7, 11) is 0. The van der Waals surface area contributed by atoms with Crippen LogP contribution in [0.25, 0.3) is 0 Å². The van der Waals surface area contributed by atoms with Gasteiger partial charge in [-0.05, 0) is 61.3 Å². The molecule has 156 valence electrons. The van der Waals surface area contributed by atoms with E-state index in [2.05, 4.69) is 0 Å². The van der Waals surface area contributed by atoms with Crippen LogP contribution in [0.5, 0.6) is 0 Å². The van der Waals surface area contributed by atoms with Crippen LogP contribution in [0.15, 0.2) is 0 Å². The highest BCUT2D eigenvalue weighted by Gasteiger charge is 2.42. The van der Waals surface area contributed by atoms with Gasteiger partial charge >= 0.3 is 18.2 Å². The molecule has 3 atom stereocenters. The van der Waals surface area contributed by atoms with Crippen molar-refractivity contribution >= 4 is 18.2 Å². The number of rotatable bonds is 1. The van der Waals surface area contributed by atoms with Gasteiger partial charge in [0.05, 0.1) is 6.10 Å². The summed E-state index contributed by atoms with van der Waals surface area (Å²) in [6.45, 7) is 11.6. The van der Waals surface area contributed by atoms with Crippen molar-refractivity contribution in [3.8, 4) is 0 Å². The highest BCUT2D eigenvalue weighted by atomic mass is 16.6. The Balaban J connectivity index is 3.18. The zero-order chi connectivity index (χ0) is 21.0. The zero-order valence-electron chi connectivity index (χ0n) is 17.4. The van der Waals surface area contributed by atoms with Crippen molar-refractivity contribution in [3.63, 3.8) is 0 Å². The van der Waals surface area contributed by atoms with Gasteiger partial charge in [-0.2, -0.15) is 4.90 Å². The highest BCUT2D eigenvalue weighted by molar-refractivity contribution is 5.94. The predicted octanol–water partition coefficient (Wildman–Crippen LogP) is 3.39. The van der Waals surface area contributed by atoms with Crippen molar-refractivity contribution in [3.05, 3.63) is 0 Å². The molecule has 1 aliphatic rings. The average Bonchev–Trinajstić information content (AvgIpc) is 2.49. The first-order valence-electron chi connectivity index (χ1n) is 9.35. The van der Waals surface area contributed by atoms with Crippen molar-refractivity contribution in [2.45, 2.75) is 104 Å². The molecule has 1 N–H and O–H groups in total. The lowest BCUT2D eigenvalue weighted by atomic mass is 10.0. The normalized spacial score (nSPS) is 24.7. The molecule has 0 aliphatic carbocycles. The van der Waals surface area contributed by atoms with E-state index in [1.54, 1.807) is 48.5 Å². The number of ether oxygens (including phenoxy) is 3. The fourth-order valence-corrected chi connectivity index (χ4v) is 2.57. The van der Waals surface area contributed by atoms with Gasteiger partial charge < -0.3 is 19.3 Å². The van der Waals surface area contributed by atoms with Crippen LogP contribution in [-0.2, 0) is 19.0 Å². The van der Waals surface area contributed by atoms with Crippen LogP contribution in [-0.4, -0.2) is 57.6 Å². The maximum atomic E-state index is 12.7. The van der Waals surface area contributed by atoms with Gasteiger partial charge in [-0.15, -0.1) is 0 Å². The summed E-state index contributed by atoms with van der Waals surface area (Å²) < 4.78 is 15.9. The summed E-state index contributed by atoms with van der Waals surface area (Å²) in [6, 6.07) is -1.18. The van der Waals surface area contributed by atoms with Crippen LogP contribution in [0.1, 0.15) is 74.1 Å². The van der Waals surface area contributed by atoms with E-state index >= 15 is 0 Å². The number of esters is 1. The highest BCUT2D eigenvalue weighted by Crippen LogP contribution is 2.23.